The fourth-order valence-corrected chi connectivity index (χ4v) is 1.70. The molecule has 1 atom stereocenters. The van der Waals surface area contributed by atoms with Gasteiger partial charge in [0, 0.05) is 10.6 Å². The third-order valence-electron chi connectivity index (χ3n) is 1.74. The topological polar surface area (TPSA) is 29.5 Å². The SMILES string of the molecule is C#CC(O)c1c(Cl)ccc(OC)c1Cl. The molecule has 14 heavy (non-hydrogen) atoms. The molecule has 0 aliphatic rings. The largest absolute Gasteiger partial charge is 0.495 e. The van der Waals surface area contributed by atoms with Crippen molar-refractivity contribution in [2.24, 2.45) is 0 Å². The predicted molar refractivity (Wildman–Crippen MR) is 56.8 cm³/mol. The van der Waals surface area contributed by atoms with Crippen LogP contribution in [0.3, 0.4) is 0 Å². The van der Waals surface area contributed by atoms with Gasteiger partial charge < -0.3 is 9.84 Å². The van der Waals surface area contributed by atoms with Crippen LogP contribution in [-0.2, 0) is 0 Å². The highest BCUT2D eigenvalue weighted by molar-refractivity contribution is 6.37. The smallest absolute Gasteiger partial charge is 0.142 e. The molecule has 0 aliphatic carbocycles. The summed E-state index contributed by atoms with van der Waals surface area (Å²) in [5, 5.41) is 10.0. The minimum absolute atomic E-state index is 0.241. The maximum atomic E-state index is 9.45. The lowest BCUT2D eigenvalue weighted by molar-refractivity contribution is 0.238. The zero-order chi connectivity index (χ0) is 10.7. The van der Waals surface area contributed by atoms with Crippen molar-refractivity contribution in [3.8, 4) is 18.1 Å². The van der Waals surface area contributed by atoms with Crippen molar-refractivity contribution < 1.29 is 9.84 Å². The molecule has 0 amide bonds. The van der Waals surface area contributed by atoms with Crippen molar-refractivity contribution in [3.63, 3.8) is 0 Å². The zero-order valence-corrected chi connectivity index (χ0v) is 8.93. The van der Waals surface area contributed by atoms with E-state index in [0.717, 1.165) is 0 Å². The van der Waals surface area contributed by atoms with E-state index in [0.29, 0.717) is 16.3 Å². The second-order valence-electron chi connectivity index (χ2n) is 2.55. The number of methoxy groups -OCH3 is 1. The average molecular weight is 231 g/mol. The van der Waals surface area contributed by atoms with Crippen molar-refractivity contribution in [1.82, 2.24) is 0 Å². The number of terminal acetylenes is 1. The first-order chi connectivity index (χ1) is 6.61. The van der Waals surface area contributed by atoms with E-state index in [1.54, 1.807) is 12.1 Å². The van der Waals surface area contributed by atoms with Crippen LogP contribution in [0.15, 0.2) is 12.1 Å². The number of benzene rings is 1. The van der Waals surface area contributed by atoms with Gasteiger partial charge in [0.2, 0.25) is 0 Å². The molecule has 0 bridgehead atoms. The highest BCUT2D eigenvalue weighted by Gasteiger charge is 2.16. The number of halogens is 2. The third kappa shape index (κ3) is 1.96. The van der Waals surface area contributed by atoms with Gasteiger partial charge in [0.05, 0.1) is 12.1 Å². The molecule has 1 aromatic carbocycles. The standard InChI is InChI=1S/C10H8Cl2O2/c1-3-7(13)9-6(11)4-5-8(14-2)10(9)12/h1,4-5,7,13H,2H3. The molecule has 4 heteroatoms. The number of hydrogen-bond donors (Lipinski definition) is 1. The van der Waals surface area contributed by atoms with Crippen LogP contribution in [0.4, 0.5) is 0 Å². The first-order valence-corrected chi connectivity index (χ1v) is 4.53. The summed E-state index contributed by atoms with van der Waals surface area (Å²) in [7, 11) is 1.47. The van der Waals surface area contributed by atoms with E-state index in [-0.39, 0.29) is 5.02 Å². The summed E-state index contributed by atoms with van der Waals surface area (Å²) in [6, 6.07) is 3.18. The van der Waals surface area contributed by atoms with Gasteiger partial charge in [-0.2, -0.15) is 0 Å². The Morgan fingerprint density at radius 3 is 2.64 bits per heavy atom. The molecule has 1 unspecified atom stereocenters. The van der Waals surface area contributed by atoms with Gasteiger partial charge in [-0.1, -0.05) is 29.1 Å². The second-order valence-corrected chi connectivity index (χ2v) is 3.33. The maximum absolute atomic E-state index is 9.45. The summed E-state index contributed by atoms with van der Waals surface area (Å²) in [5.74, 6) is 2.58. The van der Waals surface area contributed by atoms with Crippen LogP contribution >= 0.6 is 23.2 Å². The van der Waals surface area contributed by atoms with Crippen LogP contribution in [0.1, 0.15) is 11.7 Å². The van der Waals surface area contributed by atoms with E-state index in [1.807, 2.05) is 0 Å². The van der Waals surface area contributed by atoms with E-state index in [2.05, 4.69) is 5.92 Å². The van der Waals surface area contributed by atoms with Gasteiger partial charge in [0.1, 0.15) is 11.9 Å². The molecule has 2 nitrogen and oxygen atoms in total. The summed E-state index contributed by atoms with van der Waals surface area (Å²) in [5.41, 5.74) is 0.301. The quantitative estimate of drug-likeness (QED) is 0.793. The molecule has 1 aromatic rings. The summed E-state index contributed by atoms with van der Waals surface area (Å²) < 4.78 is 4.96. The van der Waals surface area contributed by atoms with Crippen LogP contribution in [0.25, 0.3) is 0 Å². The van der Waals surface area contributed by atoms with E-state index in [1.165, 1.54) is 7.11 Å². The maximum Gasteiger partial charge on any atom is 0.142 e. The van der Waals surface area contributed by atoms with Gasteiger partial charge in [-0.25, -0.2) is 0 Å². The third-order valence-corrected chi connectivity index (χ3v) is 2.46. The number of aliphatic hydroxyl groups is 1. The van der Waals surface area contributed by atoms with Crippen LogP contribution in [-0.4, -0.2) is 12.2 Å². The number of aliphatic hydroxyl groups excluding tert-OH is 1. The molecule has 1 rings (SSSR count). The van der Waals surface area contributed by atoms with Crippen LogP contribution in [0, 0.1) is 12.3 Å². The molecular weight excluding hydrogens is 223 g/mol. The van der Waals surface area contributed by atoms with E-state index in [4.69, 9.17) is 34.4 Å². The van der Waals surface area contributed by atoms with Gasteiger partial charge in [0.15, 0.2) is 0 Å². The summed E-state index contributed by atoms with van der Waals surface area (Å²) in [4.78, 5) is 0. The van der Waals surface area contributed by atoms with Crippen molar-refractivity contribution in [2.75, 3.05) is 7.11 Å². The average Bonchev–Trinajstić information content (AvgIpc) is 2.18. The molecule has 0 radical (unpaired) electrons. The Morgan fingerprint density at radius 1 is 1.50 bits per heavy atom. The fraction of sp³-hybridized carbons (Fsp3) is 0.200. The molecule has 0 heterocycles. The first kappa shape index (κ1) is 11.2. The summed E-state index contributed by atoms with van der Waals surface area (Å²) >= 11 is 11.8. The van der Waals surface area contributed by atoms with Gasteiger partial charge in [0.25, 0.3) is 0 Å². The van der Waals surface area contributed by atoms with Crippen LogP contribution < -0.4 is 4.74 Å². The van der Waals surface area contributed by atoms with Crippen LogP contribution in [0.5, 0.6) is 5.75 Å². The minimum atomic E-state index is -1.12. The number of ether oxygens (including phenoxy) is 1. The zero-order valence-electron chi connectivity index (χ0n) is 7.42. The molecule has 0 aliphatic heterocycles. The minimum Gasteiger partial charge on any atom is -0.495 e. The Hall–Kier alpha value is -0.880. The molecule has 0 fully saturated rings. The summed E-state index contributed by atoms with van der Waals surface area (Å²) in [6.07, 6.45) is 3.95. The number of hydrogen-bond acceptors (Lipinski definition) is 2. The van der Waals surface area contributed by atoms with Crippen molar-refractivity contribution >= 4 is 23.2 Å². The highest BCUT2D eigenvalue weighted by atomic mass is 35.5. The van der Waals surface area contributed by atoms with Gasteiger partial charge in [-0.05, 0) is 12.1 Å². The van der Waals surface area contributed by atoms with E-state index >= 15 is 0 Å². The molecular formula is C10H8Cl2O2. The van der Waals surface area contributed by atoms with E-state index in [9.17, 15) is 5.11 Å². The Kier molecular flexibility index (Phi) is 3.65. The Balaban J connectivity index is 3.34. The Labute approximate surface area is 92.4 Å². The monoisotopic (exact) mass is 230 g/mol. The molecule has 0 saturated heterocycles. The predicted octanol–water partition coefficient (Wildman–Crippen LogP) is 2.67. The van der Waals surface area contributed by atoms with Gasteiger partial charge in [-0.3, -0.25) is 0 Å². The number of rotatable bonds is 2. The lowest BCUT2D eigenvalue weighted by Crippen LogP contribution is -1.98. The molecule has 0 saturated carbocycles. The molecule has 0 spiro atoms. The normalized spacial score (nSPS) is 11.9. The highest BCUT2D eigenvalue weighted by Crippen LogP contribution is 2.36. The van der Waals surface area contributed by atoms with Crippen molar-refractivity contribution in [2.45, 2.75) is 6.10 Å². The Bertz CT molecular complexity index is 382. The lowest BCUT2D eigenvalue weighted by atomic mass is 10.1. The van der Waals surface area contributed by atoms with Gasteiger partial charge in [-0.15, -0.1) is 6.42 Å². The molecule has 0 aromatic heterocycles. The summed E-state index contributed by atoms with van der Waals surface area (Å²) in [6.45, 7) is 0. The lowest BCUT2D eigenvalue weighted by Gasteiger charge is -2.11. The Morgan fingerprint density at radius 2 is 2.14 bits per heavy atom. The first-order valence-electron chi connectivity index (χ1n) is 3.78. The van der Waals surface area contributed by atoms with E-state index < -0.39 is 6.10 Å². The second kappa shape index (κ2) is 4.56. The van der Waals surface area contributed by atoms with Crippen molar-refractivity contribution in [1.29, 1.82) is 0 Å². The van der Waals surface area contributed by atoms with Crippen LogP contribution in [0.2, 0.25) is 10.0 Å². The fourth-order valence-electron chi connectivity index (χ4n) is 1.04. The van der Waals surface area contributed by atoms with Gasteiger partial charge >= 0.3 is 0 Å². The molecule has 74 valence electrons. The van der Waals surface area contributed by atoms with Crippen molar-refractivity contribution in [3.05, 3.63) is 27.7 Å². The molecule has 1 N–H and O–H groups in total.